The van der Waals surface area contributed by atoms with Gasteiger partial charge in [0.15, 0.2) is 0 Å². The van der Waals surface area contributed by atoms with Gasteiger partial charge >= 0.3 is 0 Å². The van der Waals surface area contributed by atoms with Gasteiger partial charge in [0, 0.05) is 31.4 Å². The number of nitrogens with zero attached hydrogens (tertiary/aromatic N) is 2. The van der Waals surface area contributed by atoms with Crippen LogP contribution < -0.4 is 5.32 Å². The van der Waals surface area contributed by atoms with Gasteiger partial charge in [0.25, 0.3) is 5.91 Å². The fraction of sp³-hybridized carbons (Fsp3) is 0.294. The number of para-hydroxylation sites is 1. The lowest BCUT2D eigenvalue weighted by atomic mass is 10.1. The lowest BCUT2D eigenvalue weighted by Crippen LogP contribution is -2.37. The van der Waals surface area contributed by atoms with Gasteiger partial charge in [-0.05, 0) is 24.6 Å². The molecular formula is C17H18N4O2. The van der Waals surface area contributed by atoms with E-state index in [1.54, 1.807) is 10.9 Å². The molecule has 1 aliphatic heterocycles. The highest BCUT2D eigenvalue weighted by atomic mass is 16.5. The Labute approximate surface area is 133 Å². The minimum absolute atomic E-state index is 0.0527. The molecule has 1 aliphatic rings. The Hall–Kier alpha value is -2.60. The molecule has 0 saturated carbocycles. The smallest absolute Gasteiger partial charge is 0.253 e. The summed E-state index contributed by atoms with van der Waals surface area (Å²) < 4.78 is 7.61. The quantitative estimate of drug-likeness (QED) is 0.778. The van der Waals surface area contributed by atoms with Crippen LogP contribution in [-0.4, -0.2) is 33.3 Å². The topological polar surface area (TPSA) is 71.9 Å². The van der Waals surface area contributed by atoms with Crippen LogP contribution in [0, 0.1) is 0 Å². The maximum Gasteiger partial charge on any atom is 0.253 e. The maximum absolute atomic E-state index is 12.7. The molecular weight excluding hydrogens is 292 g/mol. The predicted molar refractivity (Wildman–Crippen MR) is 86.1 cm³/mol. The number of benzene rings is 1. The number of H-pyrrole nitrogens is 1. The zero-order valence-corrected chi connectivity index (χ0v) is 12.8. The molecule has 0 radical (unpaired) electrons. The van der Waals surface area contributed by atoms with Crippen LogP contribution in [0.25, 0.3) is 10.9 Å². The first-order chi connectivity index (χ1) is 11.2. The van der Waals surface area contributed by atoms with Crippen LogP contribution in [0.15, 0.2) is 42.7 Å². The number of aromatic amines is 1. The molecule has 3 aromatic rings. The summed E-state index contributed by atoms with van der Waals surface area (Å²) in [6.45, 7) is 0.632. The van der Waals surface area contributed by atoms with E-state index in [-0.39, 0.29) is 18.1 Å². The summed E-state index contributed by atoms with van der Waals surface area (Å²) in [7, 11) is 1.88. The Morgan fingerprint density at radius 1 is 1.39 bits per heavy atom. The van der Waals surface area contributed by atoms with Gasteiger partial charge in [-0.3, -0.25) is 9.48 Å². The van der Waals surface area contributed by atoms with E-state index in [0.717, 1.165) is 23.0 Å². The molecule has 0 bridgehead atoms. The van der Waals surface area contributed by atoms with Crippen LogP contribution in [-0.2, 0) is 11.8 Å². The van der Waals surface area contributed by atoms with Crippen LogP contribution in [0.5, 0.6) is 0 Å². The molecule has 23 heavy (non-hydrogen) atoms. The number of ether oxygens (including phenoxy) is 1. The average molecular weight is 310 g/mol. The van der Waals surface area contributed by atoms with E-state index < -0.39 is 0 Å². The Kier molecular flexibility index (Phi) is 3.38. The molecule has 118 valence electrons. The Morgan fingerprint density at radius 2 is 2.30 bits per heavy atom. The Bertz CT molecular complexity index is 851. The van der Waals surface area contributed by atoms with E-state index in [2.05, 4.69) is 15.4 Å². The number of hydrogen-bond donors (Lipinski definition) is 2. The van der Waals surface area contributed by atoms with Crippen LogP contribution >= 0.6 is 0 Å². The zero-order chi connectivity index (χ0) is 15.8. The molecule has 1 amide bonds. The second-order valence-corrected chi connectivity index (χ2v) is 5.79. The molecule has 2 N–H and O–H groups in total. The van der Waals surface area contributed by atoms with E-state index in [0.29, 0.717) is 12.2 Å². The summed E-state index contributed by atoms with van der Waals surface area (Å²) in [5.74, 6) is -0.0827. The molecule has 1 fully saturated rings. The minimum atomic E-state index is -0.158. The SMILES string of the molecule is Cn1nccc1[C@H]1OCC[C@@H]1NC(=O)c1cccc2cc[nH]c12. The number of nitrogens with one attached hydrogen (secondary N) is 2. The summed E-state index contributed by atoms with van der Waals surface area (Å²) in [6.07, 6.45) is 4.23. The van der Waals surface area contributed by atoms with Crippen LogP contribution in [0.3, 0.4) is 0 Å². The van der Waals surface area contributed by atoms with Crippen molar-refractivity contribution in [2.45, 2.75) is 18.6 Å². The first kappa shape index (κ1) is 14.0. The molecule has 3 heterocycles. The highest BCUT2D eigenvalue weighted by Crippen LogP contribution is 2.29. The predicted octanol–water partition coefficient (Wildman–Crippen LogP) is 2.16. The highest BCUT2D eigenvalue weighted by molar-refractivity contribution is 6.05. The number of carbonyl (C=O) groups excluding carboxylic acids is 1. The second-order valence-electron chi connectivity index (χ2n) is 5.79. The molecule has 0 aliphatic carbocycles. The van der Waals surface area contributed by atoms with Crippen LogP contribution in [0.2, 0.25) is 0 Å². The van der Waals surface area contributed by atoms with Crippen molar-refractivity contribution in [3.63, 3.8) is 0 Å². The summed E-state index contributed by atoms with van der Waals surface area (Å²) in [6, 6.07) is 9.56. The first-order valence-corrected chi connectivity index (χ1v) is 7.70. The third-order valence-corrected chi connectivity index (χ3v) is 4.39. The van der Waals surface area contributed by atoms with Crippen molar-refractivity contribution in [3.8, 4) is 0 Å². The third-order valence-electron chi connectivity index (χ3n) is 4.39. The fourth-order valence-corrected chi connectivity index (χ4v) is 3.21. The average Bonchev–Trinajstić information content (AvgIpc) is 3.26. The van der Waals surface area contributed by atoms with Crippen molar-refractivity contribution in [1.29, 1.82) is 0 Å². The van der Waals surface area contributed by atoms with Crippen molar-refractivity contribution in [2.24, 2.45) is 7.05 Å². The number of aryl methyl sites for hydroxylation is 1. The molecule has 1 saturated heterocycles. The van der Waals surface area contributed by atoms with E-state index in [4.69, 9.17) is 4.74 Å². The second kappa shape index (κ2) is 5.55. The lowest BCUT2D eigenvalue weighted by Gasteiger charge is -2.20. The van der Waals surface area contributed by atoms with Gasteiger partial charge in [-0.2, -0.15) is 5.10 Å². The van der Waals surface area contributed by atoms with Gasteiger partial charge in [0.1, 0.15) is 6.10 Å². The summed E-state index contributed by atoms with van der Waals surface area (Å²) >= 11 is 0. The van der Waals surface area contributed by atoms with E-state index in [9.17, 15) is 4.79 Å². The largest absolute Gasteiger partial charge is 0.370 e. The minimum Gasteiger partial charge on any atom is -0.370 e. The van der Waals surface area contributed by atoms with E-state index >= 15 is 0 Å². The fourth-order valence-electron chi connectivity index (χ4n) is 3.21. The summed E-state index contributed by atoms with van der Waals surface area (Å²) in [5, 5.41) is 8.33. The Morgan fingerprint density at radius 3 is 3.13 bits per heavy atom. The zero-order valence-electron chi connectivity index (χ0n) is 12.8. The van der Waals surface area contributed by atoms with Crippen LogP contribution in [0.4, 0.5) is 0 Å². The summed E-state index contributed by atoms with van der Waals surface area (Å²) in [5.41, 5.74) is 2.50. The molecule has 0 unspecified atom stereocenters. The number of aromatic nitrogens is 3. The maximum atomic E-state index is 12.7. The van der Waals surface area contributed by atoms with Crippen LogP contribution in [0.1, 0.15) is 28.6 Å². The van der Waals surface area contributed by atoms with Gasteiger partial charge in [0.05, 0.1) is 22.8 Å². The van der Waals surface area contributed by atoms with E-state index in [1.807, 2.05) is 43.6 Å². The van der Waals surface area contributed by atoms with Crippen molar-refractivity contribution in [3.05, 3.63) is 54.0 Å². The normalized spacial score (nSPS) is 20.9. The summed E-state index contributed by atoms with van der Waals surface area (Å²) in [4.78, 5) is 15.8. The highest BCUT2D eigenvalue weighted by Gasteiger charge is 2.33. The molecule has 2 atom stereocenters. The standard InChI is InChI=1S/C17H18N4O2/c1-21-14(6-9-19-21)16-13(7-10-23-16)20-17(22)12-4-2-3-11-5-8-18-15(11)12/h2-6,8-9,13,16,18H,7,10H2,1H3,(H,20,22)/t13-,16-/m0/s1. The number of fused-ring (bicyclic) bond motifs is 1. The van der Waals surface area contributed by atoms with Crippen molar-refractivity contribution in [2.75, 3.05) is 6.61 Å². The van der Waals surface area contributed by atoms with Gasteiger partial charge < -0.3 is 15.0 Å². The molecule has 1 aromatic carbocycles. The molecule has 6 heteroatoms. The number of amides is 1. The van der Waals surface area contributed by atoms with Crippen molar-refractivity contribution < 1.29 is 9.53 Å². The number of rotatable bonds is 3. The Balaban J connectivity index is 1.59. The molecule has 0 spiro atoms. The van der Waals surface area contributed by atoms with Gasteiger partial charge in [0.2, 0.25) is 0 Å². The molecule has 6 nitrogen and oxygen atoms in total. The molecule has 4 rings (SSSR count). The lowest BCUT2D eigenvalue weighted by molar-refractivity contribution is 0.0793. The number of carbonyl (C=O) groups is 1. The van der Waals surface area contributed by atoms with Gasteiger partial charge in [-0.1, -0.05) is 12.1 Å². The van der Waals surface area contributed by atoms with E-state index in [1.165, 1.54) is 0 Å². The van der Waals surface area contributed by atoms with Gasteiger partial charge in [-0.25, -0.2) is 0 Å². The van der Waals surface area contributed by atoms with Crippen molar-refractivity contribution in [1.82, 2.24) is 20.1 Å². The van der Waals surface area contributed by atoms with Crippen molar-refractivity contribution >= 4 is 16.8 Å². The third kappa shape index (κ3) is 2.41. The van der Waals surface area contributed by atoms with Gasteiger partial charge in [-0.15, -0.1) is 0 Å². The first-order valence-electron chi connectivity index (χ1n) is 7.70. The number of hydrogen-bond acceptors (Lipinski definition) is 3. The molecule has 2 aromatic heterocycles. The monoisotopic (exact) mass is 310 g/mol.